The molecule has 57 heavy (non-hydrogen) atoms. The van der Waals surface area contributed by atoms with Gasteiger partial charge >= 0.3 is 0 Å². The molecule has 6 nitrogen and oxygen atoms in total. The Balaban J connectivity index is 1.15. The van der Waals surface area contributed by atoms with Crippen LogP contribution in [0.5, 0.6) is 0 Å². The molecule has 0 radical (unpaired) electrons. The zero-order valence-corrected chi connectivity index (χ0v) is 29.8. The van der Waals surface area contributed by atoms with Crippen LogP contribution in [-0.2, 0) is 0 Å². The van der Waals surface area contributed by atoms with E-state index in [1.807, 2.05) is 66.7 Å². The van der Waals surface area contributed by atoms with Crippen LogP contribution >= 0.6 is 0 Å². The Morgan fingerprint density at radius 1 is 0.404 bits per heavy atom. The van der Waals surface area contributed by atoms with E-state index in [4.69, 9.17) is 28.1 Å². The average molecular weight is 740 g/mol. The molecule has 0 bridgehead atoms. The fourth-order valence-electron chi connectivity index (χ4n) is 8.11. The Morgan fingerprint density at radius 3 is 1.63 bits per heavy atom. The van der Waals surface area contributed by atoms with E-state index in [2.05, 4.69) is 68.7 Å². The first-order valence-corrected chi connectivity index (χ1v) is 18.3. The maximum Gasteiger partial charge on any atom is 0.164 e. The van der Waals surface area contributed by atoms with Gasteiger partial charge in [-0.05, 0) is 48.5 Å². The molecule has 0 atom stereocenters. The van der Waals surface area contributed by atoms with Gasteiger partial charge in [-0.15, -0.1) is 0 Å². The number of nitrogens with zero attached hydrogens (tertiary/aromatic N) is 5. The standard InChI is InChI=1S/C51H31N5O/c1-3-14-32(15-4-1)49-52-50(33-16-5-2-6-17-33)54-51(53-49)34-18-13-19-35(30-34)56-45-31-36(55-43-23-10-7-20-37(43)38-21-8-11-24-44(38)55)26-27-39(45)41-28-29-42-40-22-9-12-25-46(40)57-48(42)47(41)56/h1-31H/i1D,2D,3D,4D,5D,6D,14D,15D,16D,17D. The molecule has 0 fully saturated rings. The molecule has 0 aliphatic heterocycles. The van der Waals surface area contributed by atoms with Gasteiger partial charge in [-0.2, -0.15) is 0 Å². The van der Waals surface area contributed by atoms with Gasteiger partial charge in [0, 0.05) is 60.4 Å². The topological polar surface area (TPSA) is 61.7 Å². The summed E-state index contributed by atoms with van der Waals surface area (Å²) >= 11 is 0. The fraction of sp³-hybridized carbons (Fsp3) is 0. The molecule has 0 aliphatic carbocycles. The van der Waals surface area contributed by atoms with Crippen molar-refractivity contribution in [2.45, 2.75) is 0 Å². The molecule has 0 amide bonds. The van der Waals surface area contributed by atoms with Crippen molar-refractivity contribution in [1.82, 2.24) is 24.1 Å². The molecular weight excluding hydrogens is 699 g/mol. The number of fused-ring (bicyclic) bond motifs is 10. The van der Waals surface area contributed by atoms with Crippen molar-refractivity contribution in [3.63, 3.8) is 0 Å². The molecule has 0 unspecified atom stereocenters. The van der Waals surface area contributed by atoms with Crippen molar-refractivity contribution < 1.29 is 18.1 Å². The van der Waals surface area contributed by atoms with Crippen molar-refractivity contribution in [1.29, 1.82) is 0 Å². The van der Waals surface area contributed by atoms with E-state index in [9.17, 15) is 0 Å². The molecular formula is C51H31N5O. The van der Waals surface area contributed by atoms with Crippen LogP contribution in [0, 0.1) is 0 Å². The first kappa shape index (κ1) is 23.2. The summed E-state index contributed by atoms with van der Waals surface area (Å²) in [7, 11) is 0. The molecule has 0 spiro atoms. The number of benzene rings is 8. The number of furan rings is 1. The summed E-state index contributed by atoms with van der Waals surface area (Å²) in [5.41, 5.74) is 6.46. The van der Waals surface area contributed by atoms with Crippen LogP contribution in [0.15, 0.2) is 192 Å². The third-order valence-corrected chi connectivity index (χ3v) is 10.5. The van der Waals surface area contributed by atoms with Gasteiger partial charge in [0.2, 0.25) is 0 Å². The van der Waals surface area contributed by atoms with E-state index in [1.165, 1.54) is 0 Å². The summed E-state index contributed by atoms with van der Waals surface area (Å²) in [5.74, 6) is -0.724. The lowest BCUT2D eigenvalue weighted by Crippen LogP contribution is -2.01. The van der Waals surface area contributed by atoms with Crippen molar-refractivity contribution in [3.8, 4) is 45.5 Å². The van der Waals surface area contributed by atoms with Crippen molar-refractivity contribution >= 4 is 65.6 Å². The minimum Gasteiger partial charge on any atom is -0.454 e. The first-order chi connectivity index (χ1) is 32.4. The molecule has 0 aliphatic rings. The highest BCUT2D eigenvalue weighted by Crippen LogP contribution is 2.42. The molecule has 12 aromatic rings. The minimum atomic E-state index is -0.618. The molecule has 8 aromatic carbocycles. The van der Waals surface area contributed by atoms with Gasteiger partial charge in [0.05, 0.1) is 35.8 Å². The summed E-state index contributed by atoms with van der Waals surface area (Å²) in [6.07, 6.45) is 0. The summed E-state index contributed by atoms with van der Waals surface area (Å²) in [6.45, 7) is 0. The Kier molecular flexibility index (Phi) is 5.02. The average Bonchev–Trinajstić information content (AvgIpc) is 4.02. The lowest BCUT2D eigenvalue weighted by molar-refractivity contribution is 0.671. The van der Waals surface area contributed by atoms with E-state index in [1.54, 1.807) is 6.07 Å². The number of hydrogen-bond acceptors (Lipinski definition) is 4. The van der Waals surface area contributed by atoms with Crippen molar-refractivity contribution in [3.05, 3.63) is 188 Å². The zero-order chi connectivity index (χ0) is 46.2. The summed E-state index contributed by atoms with van der Waals surface area (Å²) in [5, 5.41) is 6.03. The van der Waals surface area contributed by atoms with E-state index >= 15 is 0 Å². The number of rotatable bonds is 5. The van der Waals surface area contributed by atoms with Crippen LogP contribution < -0.4 is 0 Å². The van der Waals surface area contributed by atoms with E-state index in [0.717, 1.165) is 65.7 Å². The van der Waals surface area contributed by atoms with E-state index in [0.29, 0.717) is 16.8 Å². The maximum atomic E-state index is 8.80. The summed E-state index contributed by atoms with van der Waals surface area (Å²) in [4.78, 5) is 13.9. The highest BCUT2D eigenvalue weighted by molar-refractivity contribution is 6.22. The Morgan fingerprint density at radius 2 is 0.947 bits per heavy atom. The molecule has 0 saturated carbocycles. The summed E-state index contributed by atoms with van der Waals surface area (Å²) < 4.78 is 96.4. The molecule has 4 heterocycles. The highest BCUT2D eigenvalue weighted by Gasteiger charge is 2.22. The Labute approximate surface area is 340 Å². The molecule has 6 heteroatoms. The second-order valence-corrected chi connectivity index (χ2v) is 13.7. The lowest BCUT2D eigenvalue weighted by Gasteiger charge is -2.13. The molecule has 0 saturated heterocycles. The summed E-state index contributed by atoms with van der Waals surface area (Å²) in [6, 6.07) is 36.4. The minimum absolute atomic E-state index is 0.0407. The molecule has 12 rings (SSSR count). The largest absolute Gasteiger partial charge is 0.454 e. The smallest absolute Gasteiger partial charge is 0.164 e. The Hall–Kier alpha value is -7.83. The van der Waals surface area contributed by atoms with Gasteiger partial charge in [-0.25, -0.2) is 15.0 Å². The molecule has 266 valence electrons. The lowest BCUT2D eigenvalue weighted by atomic mass is 10.1. The van der Waals surface area contributed by atoms with Gasteiger partial charge < -0.3 is 13.6 Å². The van der Waals surface area contributed by atoms with Crippen LogP contribution in [-0.4, -0.2) is 24.1 Å². The number of aromatic nitrogens is 5. The van der Waals surface area contributed by atoms with E-state index in [-0.39, 0.29) is 28.6 Å². The number of hydrogen-bond donors (Lipinski definition) is 0. The predicted molar refractivity (Wildman–Crippen MR) is 232 cm³/mol. The fourth-order valence-corrected chi connectivity index (χ4v) is 8.11. The normalized spacial score (nSPS) is 14.3. The third-order valence-electron chi connectivity index (χ3n) is 10.5. The van der Waals surface area contributed by atoms with Gasteiger partial charge in [0.1, 0.15) is 5.58 Å². The van der Waals surface area contributed by atoms with Crippen LogP contribution in [0.2, 0.25) is 0 Å². The predicted octanol–water partition coefficient (Wildman–Crippen LogP) is 13.0. The van der Waals surface area contributed by atoms with Gasteiger partial charge in [0.15, 0.2) is 23.1 Å². The zero-order valence-electron chi connectivity index (χ0n) is 39.8. The third kappa shape index (κ3) is 4.87. The van der Waals surface area contributed by atoms with Gasteiger partial charge in [-0.1, -0.05) is 139 Å². The SMILES string of the molecule is [2H]c1c([2H])c([2H])c(-c2nc(-c3cccc(-n4c5cc(-n6c7ccccc7c7ccccc76)ccc5c5ccc6c7ccccc7oc6c54)c3)nc(-c3c([2H])c([2H])c([2H])c([2H])c3[2H])n2)c([2H])c1[2H]. The van der Waals surface area contributed by atoms with Crippen LogP contribution in [0.4, 0.5) is 0 Å². The van der Waals surface area contributed by atoms with Crippen LogP contribution in [0.1, 0.15) is 13.7 Å². The van der Waals surface area contributed by atoms with Crippen LogP contribution in [0.25, 0.3) is 111 Å². The highest BCUT2D eigenvalue weighted by atomic mass is 16.3. The van der Waals surface area contributed by atoms with Crippen LogP contribution in [0.3, 0.4) is 0 Å². The Bertz CT molecular complexity index is 3940. The monoisotopic (exact) mass is 739 g/mol. The number of para-hydroxylation sites is 3. The van der Waals surface area contributed by atoms with Crippen molar-refractivity contribution in [2.75, 3.05) is 0 Å². The van der Waals surface area contributed by atoms with E-state index < -0.39 is 60.4 Å². The second-order valence-electron chi connectivity index (χ2n) is 13.7. The first-order valence-electron chi connectivity index (χ1n) is 23.3. The van der Waals surface area contributed by atoms with Gasteiger partial charge in [0.25, 0.3) is 0 Å². The van der Waals surface area contributed by atoms with Gasteiger partial charge in [-0.3, -0.25) is 0 Å². The molecule has 0 N–H and O–H groups in total. The quantitative estimate of drug-likeness (QED) is 0.176. The van der Waals surface area contributed by atoms with Crippen molar-refractivity contribution in [2.24, 2.45) is 0 Å². The second kappa shape index (κ2) is 12.3. The maximum absolute atomic E-state index is 8.80. The molecule has 4 aromatic heterocycles.